The number of carbonyl (C=O) groups is 1. The van der Waals surface area contributed by atoms with Crippen LogP contribution in [0.3, 0.4) is 0 Å². The lowest BCUT2D eigenvalue weighted by Crippen LogP contribution is -2.67. The quantitative estimate of drug-likeness (QED) is 0.0376. The molecule has 2 aromatic heterocycles. The third-order valence-electron chi connectivity index (χ3n) is 15.4. The maximum Gasteiger partial charge on any atom is 0.407 e. The van der Waals surface area contributed by atoms with Crippen LogP contribution in [0.2, 0.25) is 0 Å². The number of benzene rings is 7. The van der Waals surface area contributed by atoms with Crippen molar-refractivity contribution in [3.63, 3.8) is 0 Å². The highest BCUT2D eigenvalue weighted by atomic mass is 28.3. The number of nitrogens with two attached hydrogens (primary N) is 1. The van der Waals surface area contributed by atoms with Gasteiger partial charge in [-0.15, -0.1) is 0 Å². The summed E-state index contributed by atoms with van der Waals surface area (Å²) in [6, 6.07) is 61.8. The molecule has 82 heavy (non-hydrogen) atoms. The van der Waals surface area contributed by atoms with Crippen LogP contribution in [0.1, 0.15) is 73.4 Å². The van der Waals surface area contributed by atoms with Gasteiger partial charge in [-0.2, -0.15) is 0 Å². The SMILES string of the molecule is COc1ccc(C(OC[C@H]2O[C@](n3cnc4c(N)ncnc43)([Si](c3ccccc3)c3ccccc3)[C@H](OCCCCCNC(=O)OCc3cccc4c3Cc3ccccc3-4)[C@@H]2OC(C)(C)C)(c2ccccc2)c2ccc(OC)cc2)cc1. The first-order chi connectivity index (χ1) is 40.0. The van der Waals surface area contributed by atoms with Crippen molar-refractivity contribution in [1.82, 2.24) is 24.8 Å². The number of rotatable bonds is 22. The average molecular weight is 1110 g/mol. The Balaban J connectivity index is 0.945. The van der Waals surface area contributed by atoms with Crippen LogP contribution in [0.25, 0.3) is 22.3 Å². The normalized spacial score (nSPS) is 17.6. The molecule has 1 aliphatic heterocycles. The number of anilines is 1. The topological polar surface area (TPSA) is 163 Å². The Hall–Kier alpha value is -8.18. The van der Waals surface area contributed by atoms with Crippen LogP contribution in [0.4, 0.5) is 10.6 Å². The fourth-order valence-electron chi connectivity index (χ4n) is 11.7. The van der Waals surface area contributed by atoms with Crippen molar-refractivity contribution in [3.8, 4) is 22.6 Å². The number of methoxy groups -OCH3 is 2. The number of fused-ring (bicyclic) bond motifs is 4. The van der Waals surface area contributed by atoms with E-state index in [1.54, 1.807) is 20.5 Å². The highest BCUT2D eigenvalue weighted by Gasteiger charge is 2.64. The zero-order valence-electron chi connectivity index (χ0n) is 47.0. The molecule has 419 valence electrons. The number of unbranched alkanes of at least 4 members (excludes halogenated alkanes) is 2. The van der Waals surface area contributed by atoms with Crippen LogP contribution >= 0.6 is 0 Å². The Morgan fingerprint density at radius 3 is 1.96 bits per heavy atom. The summed E-state index contributed by atoms with van der Waals surface area (Å²) in [7, 11) is 1.12. The molecule has 1 saturated heterocycles. The molecule has 0 spiro atoms. The molecule has 1 aliphatic carbocycles. The van der Waals surface area contributed by atoms with E-state index in [9.17, 15) is 4.79 Å². The molecule has 0 unspecified atom stereocenters. The Morgan fingerprint density at radius 1 is 0.707 bits per heavy atom. The number of imidazole rings is 1. The van der Waals surface area contributed by atoms with Gasteiger partial charge in [-0.1, -0.05) is 168 Å². The molecule has 15 heteroatoms. The molecule has 0 bridgehead atoms. The minimum Gasteiger partial charge on any atom is -0.497 e. The Kier molecular flexibility index (Phi) is 16.6. The molecular formula is C67H69N6O8Si. The number of nitrogen functional groups attached to an aromatic ring is 1. The number of carbonyl (C=O) groups excluding carboxylic acids is 1. The number of nitrogens with one attached hydrogen (secondary N) is 1. The van der Waals surface area contributed by atoms with Crippen LogP contribution in [0, 0.1) is 0 Å². The molecule has 2 aliphatic rings. The van der Waals surface area contributed by atoms with E-state index in [2.05, 4.69) is 122 Å². The van der Waals surface area contributed by atoms with E-state index in [0.717, 1.165) is 45.5 Å². The van der Waals surface area contributed by atoms with Crippen LogP contribution in [-0.4, -0.2) is 92.3 Å². The average Bonchev–Trinajstić information content (AvgIpc) is 2.01. The second kappa shape index (κ2) is 24.5. The van der Waals surface area contributed by atoms with Crippen molar-refractivity contribution in [2.24, 2.45) is 0 Å². The molecule has 0 saturated carbocycles. The van der Waals surface area contributed by atoms with Gasteiger partial charge in [0, 0.05) is 13.2 Å². The maximum atomic E-state index is 13.2. The molecule has 1 amide bonds. The number of nitrogens with zero attached hydrogens (tertiary/aromatic N) is 4. The minimum absolute atomic E-state index is 0.0277. The molecular weight excluding hydrogens is 1040 g/mol. The standard InChI is InChI=1S/C67H69N6O8Si/c1-65(2,3)81-60-58(43-79-66(48-23-10-6-11-24-48,49-31-35-51(75-4)36-32-49)50-33-37-52(76-5)38-34-50)80-67(73-45-72-59-62(68)70-44-71-63(59)73,82(53-25-12-7-13-26-53)54-27-14-8-15-28-54)61(60)77-40-19-9-18-39-69-64(74)78-42-47-22-20-30-56-55-29-17-16-21-46(55)41-57(47)56/h6-8,10-17,20-38,44-45,58,60-61H,9,18-19,39-43H2,1-5H3,(H,69,74)(H2,68,70,71)/t58-,60-,61-,67+/m1/s1. The van der Waals surface area contributed by atoms with Crippen LogP contribution in [0.15, 0.2) is 195 Å². The van der Waals surface area contributed by atoms with E-state index in [4.69, 9.17) is 48.9 Å². The summed E-state index contributed by atoms with van der Waals surface area (Å²) in [6.07, 6.45) is 3.37. The fourth-order valence-corrected chi connectivity index (χ4v) is 15.1. The lowest BCUT2D eigenvalue weighted by Gasteiger charge is -2.42. The first-order valence-corrected chi connectivity index (χ1v) is 29.5. The van der Waals surface area contributed by atoms with Crippen molar-refractivity contribution in [3.05, 3.63) is 228 Å². The lowest BCUT2D eigenvalue weighted by atomic mass is 9.80. The summed E-state index contributed by atoms with van der Waals surface area (Å²) in [6.45, 7) is 7.14. The van der Waals surface area contributed by atoms with Crippen LogP contribution < -0.4 is 30.9 Å². The zero-order chi connectivity index (χ0) is 56.7. The van der Waals surface area contributed by atoms with Gasteiger partial charge in [-0.3, -0.25) is 4.57 Å². The van der Waals surface area contributed by atoms with Crippen molar-refractivity contribution < 1.29 is 38.0 Å². The number of hydrogen-bond donors (Lipinski definition) is 2. The highest BCUT2D eigenvalue weighted by molar-refractivity contribution is 6.86. The van der Waals surface area contributed by atoms with E-state index < -0.39 is 49.8 Å². The first kappa shape index (κ1) is 55.7. The number of alkyl carbamates (subject to hydrolysis) is 1. The van der Waals surface area contributed by atoms with Gasteiger partial charge in [0.2, 0.25) is 0 Å². The van der Waals surface area contributed by atoms with Gasteiger partial charge in [0.25, 0.3) is 0 Å². The van der Waals surface area contributed by atoms with E-state index in [0.29, 0.717) is 48.7 Å². The molecule has 1 fully saturated rings. The molecule has 14 nitrogen and oxygen atoms in total. The zero-order valence-corrected chi connectivity index (χ0v) is 48.0. The highest BCUT2D eigenvalue weighted by Crippen LogP contribution is 2.47. The monoisotopic (exact) mass is 1110 g/mol. The van der Waals surface area contributed by atoms with Gasteiger partial charge >= 0.3 is 6.09 Å². The molecule has 4 atom stereocenters. The first-order valence-electron chi connectivity index (χ1n) is 28.0. The number of ether oxygens (including phenoxy) is 7. The molecule has 3 heterocycles. The van der Waals surface area contributed by atoms with Gasteiger partial charge < -0.3 is 44.2 Å². The molecule has 7 aromatic carbocycles. The Labute approximate surface area is 481 Å². The molecule has 11 rings (SSSR count). The van der Waals surface area contributed by atoms with E-state index in [1.165, 1.54) is 28.6 Å². The third-order valence-corrected chi connectivity index (χ3v) is 18.6. The third kappa shape index (κ3) is 11.3. The largest absolute Gasteiger partial charge is 0.497 e. The maximum absolute atomic E-state index is 13.2. The van der Waals surface area contributed by atoms with Crippen molar-refractivity contribution in [1.29, 1.82) is 0 Å². The van der Waals surface area contributed by atoms with Gasteiger partial charge in [-0.05, 0) is 115 Å². The summed E-state index contributed by atoms with van der Waals surface area (Å²) >= 11 is 0. The van der Waals surface area contributed by atoms with Gasteiger partial charge in [0.15, 0.2) is 25.6 Å². The number of hydrogen-bond acceptors (Lipinski definition) is 12. The van der Waals surface area contributed by atoms with Gasteiger partial charge in [-0.25, -0.2) is 19.7 Å². The van der Waals surface area contributed by atoms with Crippen molar-refractivity contribution in [2.75, 3.05) is 39.7 Å². The Morgan fingerprint density at radius 2 is 1.32 bits per heavy atom. The van der Waals surface area contributed by atoms with Crippen molar-refractivity contribution in [2.45, 2.75) is 87.9 Å². The van der Waals surface area contributed by atoms with E-state index >= 15 is 0 Å². The summed E-state index contributed by atoms with van der Waals surface area (Å²) in [5.74, 6) is 1.66. The summed E-state index contributed by atoms with van der Waals surface area (Å²) < 4.78 is 49.9. The second-order valence-electron chi connectivity index (χ2n) is 21.6. The summed E-state index contributed by atoms with van der Waals surface area (Å²) in [5.41, 5.74) is 14.3. The van der Waals surface area contributed by atoms with Crippen LogP contribution in [-0.2, 0) is 47.7 Å². The van der Waals surface area contributed by atoms with Crippen molar-refractivity contribution >= 4 is 42.2 Å². The lowest BCUT2D eigenvalue weighted by molar-refractivity contribution is -0.142. The summed E-state index contributed by atoms with van der Waals surface area (Å²) in [4.78, 5) is 27.3. The molecule has 9 aromatic rings. The predicted molar refractivity (Wildman–Crippen MR) is 320 cm³/mol. The van der Waals surface area contributed by atoms with E-state index in [1.807, 2.05) is 95.6 Å². The second-order valence-corrected chi connectivity index (χ2v) is 24.3. The molecule has 1 radical (unpaired) electrons. The number of amides is 1. The van der Waals surface area contributed by atoms with Gasteiger partial charge in [0.05, 0.1) is 32.8 Å². The smallest absolute Gasteiger partial charge is 0.407 e. The Bertz CT molecular complexity index is 3500. The minimum atomic E-state index is -2.21. The number of aromatic nitrogens is 4. The predicted octanol–water partition coefficient (Wildman–Crippen LogP) is 10.6. The van der Waals surface area contributed by atoms with E-state index in [-0.39, 0.29) is 19.0 Å². The van der Waals surface area contributed by atoms with Crippen LogP contribution in [0.5, 0.6) is 11.5 Å². The van der Waals surface area contributed by atoms with Gasteiger partial charge in [0.1, 0.15) is 53.9 Å². The summed E-state index contributed by atoms with van der Waals surface area (Å²) in [5, 5.41) is 3.72. The fraction of sp³-hybridized carbons (Fsp3) is 0.284. The molecule has 3 N–H and O–H groups in total.